The molecule has 5 nitrogen and oxygen atoms in total. The van der Waals surface area contributed by atoms with Crippen LogP contribution in [-0.2, 0) is 4.79 Å². The molecule has 0 aliphatic carbocycles. The van der Waals surface area contributed by atoms with E-state index in [9.17, 15) is 4.79 Å². The van der Waals surface area contributed by atoms with E-state index >= 15 is 0 Å². The fraction of sp³-hybridized carbons (Fsp3) is 0.900. The summed E-state index contributed by atoms with van der Waals surface area (Å²) in [5.41, 5.74) is 0. The third-order valence-electron chi connectivity index (χ3n) is 2.98. The van der Waals surface area contributed by atoms with Crippen LogP contribution in [0.2, 0.25) is 0 Å². The molecule has 1 aliphatic rings. The van der Waals surface area contributed by atoms with Gasteiger partial charge in [-0.1, -0.05) is 0 Å². The Morgan fingerprint density at radius 1 is 1.40 bits per heavy atom. The van der Waals surface area contributed by atoms with Crippen LogP contribution in [0.4, 0.5) is 0 Å². The molecule has 15 heavy (non-hydrogen) atoms. The number of carboxylic acid groups (broad SMARTS) is 1. The quantitative estimate of drug-likeness (QED) is 0.635. The molecule has 0 aromatic carbocycles. The predicted molar refractivity (Wildman–Crippen MR) is 59.0 cm³/mol. The van der Waals surface area contributed by atoms with E-state index in [0.29, 0.717) is 6.42 Å². The van der Waals surface area contributed by atoms with Crippen molar-refractivity contribution in [2.24, 2.45) is 0 Å². The number of piperazine rings is 1. The highest BCUT2D eigenvalue weighted by Crippen LogP contribution is 2.02. The Kier molecular flexibility index (Phi) is 5.01. The second kappa shape index (κ2) is 6.05. The first-order chi connectivity index (χ1) is 7.13. The molecule has 0 aromatic rings. The highest BCUT2D eigenvalue weighted by atomic mass is 16.4. The van der Waals surface area contributed by atoms with Crippen molar-refractivity contribution in [3.8, 4) is 0 Å². The molecule has 0 radical (unpaired) electrons. The summed E-state index contributed by atoms with van der Waals surface area (Å²) in [7, 11) is 3.81. The predicted octanol–water partition coefficient (Wildman–Crippen LogP) is -0.703. The van der Waals surface area contributed by atoms with Gasteiger partial charge in [-0.2, -0.15) is 0 Å². The smallest absolute Gasteiger partial charge is 0.320 e. The third kappa shape index (κ3) is 4.15. The zero-order valence-corrected chi connectivity index (χ0v) is 9.57. The average molecular weight is 215 g/mol. The lowest BCUT2D eigenvalue weighted by molar-refractivity contribution is -0.139. The number of aliphatic carboxylic acids is 1. The van der Waals surface area contributed by atoms with Crippen molar-refractivity contribution in [2.75, 3.05) is 46.8 Å². The highest BCUT2D eigenvalue weighted by molar-refractivity contribution is 5.73. The van der Waals surface area contributed by atoms with Crippen molar-refractivity contribution in [1.29, 1.82) is 0 Å². The zero-order chi connectivity index (χ0) is 11.3. The van der Waals surface area contributed by atoms with Gasteiger partial charge < -0.3 is 20.2 Å². The minimum Gasteiger partial charge on any atom is -0.480 e. The number of carbonyl (C=O) groups is 1. The maximum absolute atomic E-state index is 10.8. The summed E-state index contributed by atoms with van der Waals surface area (Å²) in [6, 6.07) is -0.412. The maximum Gasteiger partial charge on any atom is 0.320 e. The number of hydrogen-bond donors (Lipinski definition) is 2. The fourth-order valence-corrected chi connectivity index (χ4v) is 1.77. The normalized spacial score (nSPS) is 21.5. The van der Waals surface area contributed by atoms with Gasteiger partial charge in [0.05, 0.1) is 0 Å². The molecule has 1 saturated heterocycles. The van der Waals surface area contributed by atoms with Gasteiger partial charge in [0.15, 0.2) is 0 Å². The van der Waals surface area contributed by atoms with E-state index < -0.39 is 12.0 Å². The molecule has 0 bridgehead atoms. The second-order valence-electron chi connectivity index (χ2n) is 4.11. The van der Waals surface area contributed by atoms with Crippen LogP contribution >= 0.6 is 0 Å². The van der Waals surface area contributed by atoms with Gasteiger partial charge in [0.25, 0.3) is 0 Å². The highest BCUT2D eigenvalue weighted by Gasteiger charge is 2.18. The largest absolute Gasteiger partial charge is 0.480 e. The molecule has 5 heteroatoms. The van der Waals surface area contributed by atoms with Crippen molar-refractivity contribution in [2.45, 2.75) is 12.5 Å². The summed E-state index contributed by atoms with van der Waals surface area (Å²) in [5.74, 6) is -0.758. The number of rotatable bonds is 5. The zero-order valence-electron chi connectivity index (χ0n) is 9.57. The summed E-state index contributed by atoms with van der Waals surface area (Å²) in [4.78, 5) is 15.4. The summed E-state index contributed by atoms with van der Waals surface area (Å²) in [5, 5.41) is 11.7. The maximum atomic E-state index is 10.8. The molecule has 1 unspecified atom stereocenters. The number of hydrogen-bond acceptors (Lipinski definition) is 4. The minimum absolute atomic E-state index is 0.412. The first kappa shape index (κ1) is 12.4. The summed E-state index contributed by atoms with van der Waals surface area (Å²) in [6.45, 7) is 5.12. The van der Waals surface area contributed by atoms with Crippen molar-refractivity contribution in [1.82, 2.24) is 15.1 Å². The topological polar surface area (TPSA) is 55.8 Å². The van der Waals surface area contributed by atoms with Crippen molar-refractivity contribution < 1.29 is 9.90 Å². The number of nitrogens with one attached hydrogen (secondary N) is 1. The number of carboxylic acids is 1. The molecule has 0 amide bonds. The van der Waals surface area contributed by atoms with E-state index in [1.54, 1.807) is 7.05 Å². The lowest BCUT2D eigenvalue weighted by Crippen LogP contribution is -2.46. The van der Waals surface area contributed by atoms with Crippen LogP contribution in [-0.4, -0.2) is 73.7 Å². The Hall–Kier alpha value is -0.650. The molecule has 88 valence electrons. The molecule has 0 spiro atoms. The second-order valence-corrected chi connectivity index (χ2v) is 4.11. The summed E-state index contributed by atoms with van der Waals surface area (Å²) >= 11 is 0. The number of nitrogens with zero attached hydrogens (tertiary/aromatic N) is 2. The molecule has 1 fully saturated rings. The van der Waals surface area contributed by atoms with E-state index in [0.717, 1.165) is 32.7 Å². The van der Waals surface area contributed by atoms with Gasteiger partial charge in [0, 0.05) is 32.7 Å². The van der Waals surface area contributed by atoms with E-state index in [1.807, 2.05) is 0 Å². The van der Waals surface area contributed by atoms with Crippen LogP contribution in [0.15, 0.2) is 0 Å². The van der Waals surface area contributed by atoms with Crippen molar-refractivity contribution in [3.05, 3.63) is 0 Å². The Morgan fingerprint density at radius 2 is 2.00 bits per heavy atom. The van der Waals surface area contributed by atoms with Gasteiger partial charge in [0.1, 0.15) is 6.04 Å². The van der Waals surface area contributed by atoms with Gasteiger partial charge in [-0.25, -0.2) is 0 Å². The van der Waals surface area contributed by atoms with Crippen molar-refractivity contribution in [3.63, 3.8) is 0 Å². The van der Waals surface area contributed by atoms with Crippen LogP contribution in [0.5, 0.6) is 0 Å². The van der Waals surface area contributed by atoms with Crippen LogP contribution in [0.1, 0.15) is 6.42 Å². The molecular weight excluding hydrogens is 194 g/mol. The van der Waals surface area contributed by atoms with Gasteiger partial charge in [-0.3, -0.25) is 4.79 Å². The first-order valence-electron chi connectivity index (χ1n) is 5.44. The van der Waals surface area contributed by atoms with E-state index in [4.69, 9.17) is 5.11 Å². The Balaban J connectivity index is 2.21. The van der Waals surface area contributed by atoms with Crippen LogP contribution in [0.25, 0.3) is 0 Å². The molecule has 0 saturated carbocycles. The molecule has 1 rings (SSSR count). The van der Waals surface area contributed by atoms with Crippen LogP contribution in [0, 0.1) is 0 Å². The van der Waals surface area contributed by atoms with Gasteiger partial charge >= 0.3 is 5.97 Å². The Labute approximate surface area is 91.0 Å². The van der Waals surface area contributed by atoms with Crippen LogP contribution < -0.4 is 5.32 Å². The molecular formula is C10H21N3O2. The minimum atomic E-state index is -0.758. The van der Waals surface area contributed by atoms with Gasteiger partial charge in [-0.15, -0.1) is 0 Å². The SMILES string of the molecule is CNC(CCN1CCN(C)CC1)C(=O)O. The molecule has 1 aliphatic heterocycles. The molecule has 1 heterocycles. The number of likely N-dealkylation sites (N-methyl/N-ethyl adjacent to an activating group) is 2. The lowest BCUT2D eigenvalue weighted by Gasteiger charge is -2.32. The Morgan fingerprint density at radius 3 is 2.47 bits per heavy atom. The fourth-order valence-electron chi connectivity index (χ4n) is 1.77. The summed E-state index contributed by atoms with van der Waals surface area (Å²) < 4.78 is 0. The van der Waals surface area contributed by atoms with Gasteiger partial charge in [0.2, 0.25) is 0 Å². The third-order valence-corrected chi connectivity index (χ3v) is 2.98. The Bertz CT molecular complexity index is 203. The van der Waals surface area contributed by atoms with E-state index in [2.05, 4.69) is 22.2 Å². The standard InChI is InChI=1S/C10H21N3O2/c1-11-9(10(14)15)3-4-13-7-5-12(2)6-8-13/h9,11H,3-8H2,1-2H3,(H,14,15). The first-order valence-corrected chi connectivity index (χ1v) is 5.44. The lowest BCUT2D eigenvalue weighted by atomic mass is 10.2. The van der Waals surface area contributed by atoms with Crippen LogP contribution in [0.3, 0.4) is 0 Å². The van der Waals surface area contributed by atoms with Gasteiger partial charge in [-0.05, 0) is 20.5 Å². The monoisotopic (exact) mass is 215 g/mol. The summed E-state index contributed by atoms with van der Waals surface area (Å²) in [6.07, 6.45) is 0.676. The molecule has 2 N–H and O–H groups in total. The average Bonchev–Trinajstić information content (AvgIpc) is 2.21. The van der Waals surface area contributed by atoms with E-state index in [1.165, 1.54) is 0 Å². The van der Waals surface area contributed by atoms with Crippen molar-refractivity contribution >= 4 is 5.97 Å². The molecule has 1 atom stereocenters. The molecule has 0 aromatic heterocycles. The van der Waals surface area contributed by atoms with E-state index in [-0.39, 0.29) is 0 Å².